The van der Waals surface area contributed by atoms with E-state index < -0.39 is 10.9 Å². The average molecular weight is 319 g/mol. The van der Waals surface area contributed by atoms with E-state index in [9.17, 15) is 9.59 Å². The number of nitriles is 1. The molecule has 1 aromatic rings. The van der Waals surface area contributed by atoms with Crippen LogP contribution < -0.4 is 20.5 Å². The van der Waals surface area contributed by atoms with Gasteiger partial charge in [-0.2, -0.15) is 5.26 Å². The highest BCUT2D eigenvalue weighted by Crippen LogP contribution is 2.18. The summed E-state index contributed by atoms with van der Waals surface area (Å²) in [6.45, 7) is 12.7. The third-order valence-corrected chi connectivity index (χ3v) is 3.58. The lowest BCUT2D eigenvalue weighted by molar-refractivity contribution is -0.894. The first-order valence-electron chi connectivity index (χ1n) is 7.99. The number of unbranched alkanes of at least 4 members (excludes halogenated alkanes) is 1. The number of hydrogen-bond donors (Lipinski definition) is 1. The van der Waals surface area contributed by atoms with Gasteiger partial charge >= 0.3 is 0 Å². The highest BCUT2D eigenvalue weighted by atomic mass is 16.5. The molecule has 6 nitrogen and oxygen atoms in total. The minimum atomic E-state index is -0.815. The summed E-state index contributed by atoms with van der Waals surface area (Å²) < 4.78 is 5.08. The fourth-order valence-corrected chi connectivity index (χ4v) is 1.94. The summed E-state index contributed by atoms with van der Waals surface area (Å²) in [6.07, 6.45) is 1.63. The number of nitrogens with one attached hydrogen (secondary N) is 1. The summed E-state index contributed by atoms with van der Waals surface area (Å²) in [4.78, 5) is 24.0. The summed E-state index contributed by atoms with van der Waals surface area (Å²) >= 11 is 0. The van der Waals surface area contributed by atoms with Crippen LogP contribution in [0.3, 0.4) is 0 Å². The lowest BCUT2D eigenvalue weighted by Gasteiger charge is -2.10. The Morgan fingerprint density at radius 3 is 2.04 bits per heavy atom. The topological polar surface area (TPSA) is 93.9 Å². The van der Waals surface area contributed by atoms with E-state index in [1.54, 1.807) is 16.8 Å². The lowest BCUT2D eigenvalue weighted by Crippen LogP contribution is -3.11. The Labute approximate surface area is 137 Å². The largest absolute Gasteiger partial charge is 0.762 e. The van der Waals surface area contributed by atoms with E-state index in [0.717, 1.165) is 12.8 Å². The Kier molecular flexibility index (Phi) is 10.3. The van der Waals surface area contributed by atoms with Gasteiger partial charge in [0.05, 0.1) is 37.4 Å². The molecule has 0 saturated carbocycles. The maximum absolute atomic E-state index is 11.2. The fraction of sp³-hybridized carbons (Fsp3) is 0.588. The Morgan fingerprint density at radius 1 is 1.13 bits per heavy atom. The quantitative estimate of drug-likeness (QED) is 0.327. The molecule has 0 radical (unpaired) electrons. The highest BCUT2D eigenvalue weighted by Gasteiger charge is 2.24. The van der Waals surface area contributed by atoms with E-state index in [4.69, 9.17) is 15.4 Å². The molecular weight excluding hydrogens is 294 g/mol. The van der Waals surface area contributed by atoms with Gasteiger partial charge in [-0.25, -0.2) is 5.87 Å². The van der Waals surface area contributed by atoms with Crippen LogP contribution in [-0.4, -0.2) is 32.1 Å². The first kappa shape index (κ1) is 20.8. The molecule has 1 N–H and O–H groups in total. The van der Waals surface area contributed by atoms with E-state index in [-0.39, 0.29) is 16.9 Å². The minimum absolute atomic E-state index is 0.142. The third-order valence-electron chi connectivity index (χ3n) is 3.58. The molecule has 0 aliphatic heterocycles. The van der Waals surface area contributed by atoms with Crippen LogP contribution in [0.1, 0.15) is 46.1 Å². The number of allylic oxidation sites excluding steroid dienone is 1. The zero-order chi connectivity index (χ0) is 17.8. The van der Waals surface area contributed by atoms with Crippen molar-refractivity contribution in [1.29, 1.82) is 5.26 Å². The first-order chi connectivity index (χ1) is 11.0. The summed E-state index contributed by atoms with van der Waals surface area (Å²) in [7, 11) is 0. The molecule has 0 aromatic heterocycles. The van der Waals surface area contributed by atoms with Gasteiger partial charge in [0.2, 0.25) is 5.43 Å². The highest BCUT2D eigenvalue weighted by molar-refractivity contribution is 6.00. The summed E-state index contributed by atoms with van der Waals surface area (Å²) in [5.41, 5.74) is -2.11. The molecule has 0 atom stereocenters. The molecule has 0 heterocycles. The predicted molar refractivity (Wildman–Crippen MR) is 91.7 cm³/mol. The summed E-state index contributed by atoms with van der Waals surface area (Å²) in [5, 5.41) is 17.2. The predicted octanol–water partition coefficient (Wildman–Crippen LogP) is 0.539. The Balaban J connectivity index is 0.000000585. The van der Waals surface area contributed by atoms with E-state index in [1.807, 2.05) is 6.92 Å². The Hall–Kier alpha value is -2.22. The van der Waals surface area contributed by atoms with Crippen LogP contribution in [0.15, 0.2) is 9.59 Å². The number of rotatable bonds is 8. The van der Waals surface area contributed by atoms with Crippen molar-refractivity contribution in [2.45, 2.75) is 40.5 Å². The van der Waals surface area contributed by atoms with Crippen molar-refractivity contribution in [3.63, 3.8) is 0 Å². The number of hydrogen-bond acceptors (Lipinski definition) is 4. The monoisotopic (exact) mass is 319 g/mol. The van der Waals surface area contributed by atoms with Crippen molar-refractivity contribution in [3.8, 4) is 11.8 Å². The maximum atomic E-state index is 11.2. The molecule has 0 unspecified atom stereocenters. The summed E-state index contributed by atoms with van der Waals surface area (Å²) in [5.74, 6) is 1.43. The smallest absolute Gasteiger partial charge is 0.269 e. The van der Waals surface area contributed by atoms with Crippen molar-refractivity contribution < 1.29 is 9.64 Å². The van der Waals surface area contributed by atoms with Crippen LogP contribution >= 0.6 is 0 Å². The van der Waals surface area contributed by atoms with Gasteiger partial charge in [0, 0.05) is 0 Å². The van der Waals surface area contributed by atoms with Gasteiger partial charge in [-0.1, -0.05) is 13.3 Å². The van der Waals surface area contributed by atoms with Gasteiger partial charge in [-0.3, -0.25) is 9.59 Å². The van der Waals surface area contributed by atoms with Crippen LogP contribution in [0.25, 0.3) is 11.0 Å². The van der Waals surface area contributed by atoms with Gasteiger partial charge in [0.15, 0.2) is 5.75 Å². The Morgan fingerprint density at radius 2 is 1.70 bits per heavy atom. The molecule has 23 heavy (non-hydrogen) atoms. The van der Waals surface area contributed by atoms with Crippen LogP contribution in [0, 0.1) is 11.3 Å². The molecule has 0 aliphatic rings. The van der Waals surface area contributed by atoms with E-state index in [0.29, 0.717) is 6.61 Å². The van der Waals surface area contributed by atoms with Gasteiger partial charge in [-0.05, 0) is 27.2 Å². The van der Waals surface area contributed by atoms with Crippen molar-refractivity contribution in [2.75, 3.05) is 26.2 Å². The van der Waals surface area contributed by atoms with Gasteiger partial charge in [0.1, 0.15) is 6.07 Å². The van der Waals surface area contributed by atoms with Crippen LogP contribution in [-0.2, 0) is 0 Å². The average Bonchev–Trinajstić information content (AvgIpc) is 2.59. The molecule has 0 aliphatic carbocycles. The second-order valence-electron chi connectivity index (χ2n) is 4.97. The number of ether oxygens (including phenoxy) is 1. The zero-order valence-corrected chi connectivity index (χ0v) is 14.4. The first-order valence-corrected chi connectivity index (χ1v) is 7.99. The van der Waals surface area contributed by atoms with Crippen LogP contribution in [0.5, 0.6) is 5.75 Å². The second-order valence-corrected chi connectivity index (χ2v) is 4.97. The van der Waals surface area contributed by atoms with E-state index in [2.05, 4.69) is 20.8 Å². The van der Waals surface area contributed by atoms with Gasteiger partial charge in [-0.15, -0.1) is 0 Å². The van der Waals surface area contributed by atoms with Crippen LogP contribution in [0.2, 0.25) is 0 Å². The van der Waals surface area contributed by atoms with Crippen molar-refractivity contribution in [2.24, 2.45) is 0 Å². The SMILES string of the molecule is CCCCOc1c(C(=C=[N-])C#N)c(=O)c1=O.CC[NH+](CC)CC. The molecule has 0 amide bonds. The van der Waals surface area contributed by atoms with Gasteiger partial charge in [0.25, 0.3) is 5.43 Å². The number of quaternary nitrogens is 1. The molecule has 0 spiro atoms. The molecule has 0 bridgehead atoms. The van der Waals surface area contributed by atoms with Crippen molar-refractivity contribution in [3.05, 3.63) is 31.4 Å². The van der Waals surface area contributed by atoms with Crippen molar-refractivity contribution >= 4 is 11.4 Å². The van der Waals surface area contributed by atoms with E-state index in [1.165, 1.54) is 19.6 Å². The maximum Gasteiger partial charge on any atom is 0.269 e. The zero-order valence-electron chi connectivity index (χ0n) is 14.4. The molecule has 0 saturated heterocycles. The third kappa shape index (κ3) is 5.82. The Bertz CT molecular complexity index is 635. The van der Waals surface area contributed by atoms with Gasteiger partial charge < -0.3 is 15.0 Å². The minimum Gasteiger partial charge on any atom is -0.762 e. The van der Waals surface area contributed by atoms with Crippen LogP contribution in [0.4, 0.5) is 0 Å². The second kappa shape index (κ2) is 11.4. The molecule has 6 heteroatoms. The van der Waals surface area contributed by atoms with E-state index >= 15 is 0 Å². The molecule has 126 valence electrons. The number of nitrogens with zero attached hydrogens (tertiary/aromatic N) is 2. The van der Waals surface area contributed by atoms with Crippen molar-refractivity contribution in [1.82, 2.24) is 0 Å². The molecule has 1 aromatic carbocycles. The molecule has 0 fully saturated rings. The lowest BCUT2D eigenvalue weighted by atomic mass is 10.0. The fourth-order valence-electron chi connectivity index (χ4n) is 1.94. The summed E-state index contributed by atoms with van der Waals surface area (Å²) in [6, 6.07) is 1.57. The molecular formula is C17H25N3O3. The standard InChI is InChI=1S/C11H9N2O3.C6H15N/c1-2-3-4-16-11-8(7(5-12)6-13)9(14)10(11)15;1-4-7(5-2)6-3/h2-4H2,1H3;4-6H2,1-3H3/q-1;/p+1. The molecule has 1 rings (SSSR count). The normalized spacial score (nSPS) is 9.74.